The van der Waals surface area contributed by atoms with Gasteiger partial charge in [-0.2, -0.15) is 0 Å². The summed E-state index contributed by atoms with van der Waals surface area (Å²) >= 11 is 0.217. The van der Waals surface area contributed by atoms with Gasteiger partial charge in [-0.15, -0.1) is 0 Å². The predicted molar refractivity (Wildman–Crippen MR) is 34.4 cm³/mol. The van der Waals surface area contributed by atoms with E-state index in [0.29, 0.717) is 3.07 Å². The van der Waals surface area contributed by atoms with E-state index >= 15 is 0 Å². The first kappa shape index (κ1) is 8.45. The number of rotatable bonds is 1. The number of nitro benzene ring substituents is 1. The first-order valence-electron chi connectivity index (χ1n) is 2.91. The second-order valence-electron chi connectivity index (χ2n) is 2.04. The summed E-state index contributed by atoms with van der Waals surface area (Å²) in [4.78, 5) is 9.66. The van der Waals surface area contributed by atoms with Crippen LogP contribution in [-0.2, 0) is 26.1 Å². The first-order valence-corrected chi connectivity index (χ1v) is 5.66. The monoisotopic (exact) mass is 340 g/mol. The van der Waals surface area contributed by atoms with E-state index in [1.54, 1.807) is 12.1 Å². The van der Waals surface area contributed by atoms with Gasteiger partial charge in [0.15, 0.2) is 0 Å². The third kappa shape index (κ3) is 1.68. The van der Waals surface area contributed by atoms with Crippen molar-refractivity contribution in [3.05, 3.63) is 28.3 Å². The summed E-state index contributed by atoms with van der Waals surface area (Å²) in [6, 6.07) is 4.58. The molecule has 1 rings (SSSR count). The van der Waals surface area contributed by atoms with Crippen LogP contribution in [0.5, 0.6) is 5.75 Å². The average Bonchev–Trinajstić information content (AvgIpc) is 1.94. The molecule has 0 spiro atoms. The molecule has 0 aliphatic carbocycles. The zero-order valence-corrected chi connectivity index (χ0v) is 11.1. The van der Waals surface area contributed by atoms with Crippen LogP contribution in [0.1, 0.15) is 0 Å². The number of phenols is 1. The van der Waals surface area contributed by atoms with Crippen molar-refractivity contribution in [1.29, 1.82) is 0 Å². The molecule has 1 N–H and O–H groups in total. The van der Waals surface area contributed by atoms with Gasteiger partial charge in [-0.05, 0) is 0 Å². The van der Waals surface area contributed by atoms with Crippen LogP contribution >= 0.6 is 0 Å². The summed E-state index contributed by atoms with van der Waals surface area (Å²) in [6.07, 6.45) is 0. The van der Waals surface area contributed by atoms with E-state index in [1.165, 1.54) is 6.07 Å². The molecule has 0 aromatic heterocycles. The number of benzene rings is 1. The molecule has 5 heteroatoms. The molecule has 0 aliphatic heterocycles. The summed E-state index contributed by atoms with van der Waals surface area (Å²) in [5, 5.41) is 19.4. The van der Waals surface area contributed by atoms with Gasteiger partial charge >= 0.3 is 79.0 Å². The zero-order valence-electron chi connectivity index (χ0n) is 5.65. The summed E-state index contributed by atoms with van der Waals surface area (Å²) in [5.41, 5.74) is -0.197. The van der Waals surface area contributed by atoms with Gasteiger partial charge in [0.05, 0.1) is 0 Å². The molecule has 0 saturated heterocycles. The Morgan fingerprint density at radius 2 is 2.18 bits per heavy atom. The molecular formula is C6H4HgNO3+. The fourth-order valence-corrected chi connectivity index (χ4v) is 1.96. The molecule has 4 nitrogen and oxygen atoms in total. The molecule has 0 radical (unpaired) electrons. The van der Waals surface area contributed by atoms with Crippen LogP contribution in [0.4, 0.5) is 5.69 Å². The number of hydrogen-bond acceptors (Lipinski definition) is 3. The summed E-state index contributed by atoms with van der Waals surface area (Å²) < 4.78 is 0.708. The maximum absolute atomic E-state index is 10.2. The SMILES string of the molecule is O=[N+]([O-])c1ccc[c]([Hg+])c1O. The zero-order chi connectivity index (χ0) is 8.43. The molecule has 1 aromatic rings. The first-order chi connectivity index (χ1) is 5.13. The number of nitrogens with zero attached hydrogens (tertiary/aromatic N) is 1. The molecule has 0 aliphatic rings. The van der Waals surface area contributed by atoms with Crippen molar-refractivity contribution in [1.82, 2.24) is 0 Å². The minimum absolute atomic E-state index is 0.166. The van der Waals surface area contributed by atoms with Crippen molar-refractivity contribution < 1.29 is 36.2 Å². The van der Waals surface area contributed by atoms with Crippen molar-refractivity contribution in [3.8, 4) is 5.75 Å². The van der Waals surface area contributed by atoms with Gasteiger partial charge in [0.2, 0.25) is 0 Å². The second kappa shape index (κ2) is 3.17. The van der Waals surface area contributed by atoms with Crippen molar-refractivity contribution in [3.63, 3.8) is 0 Å². The van der Waals surface area contributed by atoms with Gasteiger partial charge in [0.1, 0.15) is 0 Å². The molecule has 52 valence electrons. The van der Waals surface area contributed by atoms with Gasteiger partial charge in [-0.25, -0.2) is 0 Å². The number of nitro groups is 1. The van der Waals surface area contributed by atoms with Gasteiger partial charge in [0.25, 0.3) is 0 Å². The molecule has 0 unspecified atom stereocenters. The summed E-state index contributed by atoms with van der Waals surface area (Å²) in [7, 11) is 0. The fraction of sp³-hybridized carbons (Fsp3) is 0. The molecule has 0 amide bonds. The molecule has 0 saturated carbocycles. The van der Waals surface area contributed by atoms with Crippen LogP contribution < -0.4 is 3.07 Å². The molecule has 1 aromatic carbocycles. The molecule has 0 atom stereocenters. The van der Waals surface area contributed by atoms with Gasteiger partial charge in [-0.1, -0.05) is 0 Å². The number of hydrogen-bond donors (Lipinski definition) is 1. The Bertz CT molecular complexity index is 300. The maximum atomic E-state index is 10.2. The third-order valence-electron chi connectivity index (χ3n) is 1.29. The van der Waals surface area contributed by atoms with E-state index < -0.39 is 4.92 Å². The van der Waals surface area contributed by atoms with E-state index in [9.17, 15) is 15.2 Å². The van der Waals surface area contributed by atoms with E-state index in [1.807, 2.05) is 0 Å². The standard InChI is InChI=1S/C6H4NO3.Hg/c8-6-4-2-1-3-5(6)7(9)10;/h1-3,8H;/q;+1. The molecule has 0 bridgehead atoms. The van der Waals surface area contributed by atoms with Crippen LogP contribution in [0.15, 0.2) is 18.2 Å². The summed E-state index contributed by atoms with van der Waals surface area (Å²) in [5.74, 6) is -0.166. The average molecular weight is 339 g/mol. The Morgan fingerprint density at radius 3 is 2.64 bits per heavy atom. The van der Waals surface area contributed by atoms with Crippen molar-refractivity contribution in [2.24, 2.45) is 0 Å². The minimum atomic E-state index is -0.578. The van der Waals surface area contributed by atoms with Crippen molar-refractivity contribution >= 4 is 8.76 Å². The summed E-state index contributed by atoms with van der Waals surface area (Å²) in [6.45, 7) is 0. The molecule has 11 heavy (non-hydrogen) atoms. The van der Waals surface area contributed by atoms with Crippen LogP contribution in [0, 0.1) is 10.1 Å². The normalized spacial score (nSPS) is 9.64. The van der Waals surface area contributed by atoms with E-state index in [0.717, 1.165) is 0 Å². The Kier molecular flexibility index (Phi) is 2.43. The third-order valence-corrected chi connectivity index (χ3v) is 3.51. The number of para-hydroxylation sites is 1. The Hall–Kier alpha value is -0.645. The van der Waals surface area contributed by atoms with E-state index in [2.05, 4.69) is 0 Å². The number of aromatic hydroxyl groups is 1. The van der Waals surface area contributed by atoms with Gasteiger partial charge in [-0.3, -0.25) is 0 Å². The Morgan fingerprint density at radius 1 is 1.55 bits per heavy atom. The van der Waals surface area contributed by atoms with Crippen molar-refractivity contribution in [2.75, 3.05) is 0 Å². The molecule has 0 fully saturated rings. The predicted octanol–water partition coefficient (Wildman–Crippen LogP) is 0.472. The number of phenolic OH excluding ortho intramolecular Hbond substituents is 1. The topological polar surface area (TPSA) is 63.4 Å². The molecule has 0 heterocycles. The second-order valence-corrected chi connectivity index (χ2v) is 5.00. The van der Waals surface area contributed by atoms with E-state index in [-0.39, 0.29) is 37.6 Å². The van der Waals surface area contributed by atoms with Crippen LogP contribution in [0.2, 0.25) is 0 Å². The fourth-order valence-electron chi connectivity index (χ4n) is 0.725. The quantitative estimate of drug-likeness (QED) is 0.460. The Labute approximate surface area is 79.0 Å². The Balaban J connectivity index is 3.27. The van der Waals surface area contributed by atoms with Gasteiger partial charge < -0.3 is 0 Å². The van der Waals surface area contributed by atoms with Crippen LogP contribution in [-0.4, -0.2) is 10.0 Å². The van der Waals surface area contributed by atoms with E-state index in [4.69, 9.17) is 0 Å². The van der Waals surface area contributed by atoms with Gasteiger partial charge in [0, 0.05) is 0 Å². The van der Waals surface area contributed by atoms with Crippen molar-refractivity contribution in [2.45, 2.75) is 0 Å². The molecular weight excluding hydrogens is 335 g/mol. The van der Waals surface area contributed by atoms with Crippen LogP contribution in [0.25, 0.3) is 0 Å². The van der Waals surface area contributed by atoms with Crippen LogP contribution in [0.3, 0.4) is 0 Å².